The predicted octanol–water partition coefficient (Wildman–Crippen LogP) is 2.14. The molecule has 0 unspecified atom stereocenters. The van der Waals surface area contributed by atoms with Gasteiger partial charge in [0.15, 0.2) is 0 Å². The van der Waals surface area contributed by atoms with Crippen LogP contribution in [0.15, 0.2) is 24.3 Å². The summed E-state index contributed by atoms with van der Waals surface area (Å²) in [6.07, 6.45) is 0. The van der Waals surface area contributed by atoms with Crippen LogP contribution in [0, 0.1) is 13.8 Å². The predicted molar refractivity (Wildman–Crippen MR) is 66.2 cm³/mol. The molecule has 3 heteroatoms. The van der Waals surface area contributed by atoms with E-state index in [4.69, 9.17) is 0 Å². The monoisotopic (exact) mass is 290 g/mol. The van der Waals surface area contributed by atoms with Crippen LogP contribution in [0.5, 0.6) is 0 Å². The molecule has 0 N–H and O–H groups in total. The molecular weight excluding hydrogens is 279 g/mol. The van der Waals surface area contributed by atoms with Gasteiger partial charge in [0.2, 0.25) is 0 Å². The van der Waals surface area contributed by atoms with Crippen molar-refractivity contribution in [1.29, 1.82) is 0 Å². The summed E-state index contributed by atoms with van der Waals surface area (Å²) in [4.78, 5) is 24.7. The zero-order chi connectivity index (χ0) is 12.2. The molecule has 0 aliphatic heterocycles. The standard InChI is InChI=1S/C14H10O2Se/c1-7-11-12(8(2)17-7)14(16)10-6-4-3-5-9(10)13(11)15/h3-6H,1-2H3. The molecule has 0 amide bonds. The van der Waals surface area contributed by atoms with E-state index in [1.165, 1.54) is 0 Å². The van der Waals surface area contributed by atoms with Crippen molar-refractivity contribution in [3.8, 4) is 0 Å². The third-order valence-corrected chi connectivity index (χ3v) is 5.27. The Morgan fingerprint density at radius 3 is 1.65 bits per heavy atom. The second kappa shape index (κ2) is 3.52. The van der Waals surface area contributed by atoms with E-state index >= 15 is 0 Å². The molecule has 0 saturated heterocycles. The molecule has 84 valence electrons. The fourth-order valence-electron chi connectivity index (χ4n) is 2.38. The van der Waals surface area contributed by atoms with Crippen LogP contribution < -0.4 is 0 Å². The summed E-state index contributed by atoms with van der Waals surface area (Å²) in [6.45, 7) is 3.93. The fourth-order valence-corrected chi connectivity index (χ4v) is 4.59. The number of fused-ring (bicyclic) bond motifs is 2. The summed E-state index contributed by atoms with van der Waals surface area (Å²) in [6, 6.07) is 7.10. The molecule has 3 rings (SSSR count). The summed E-state index contributed by atoms with van der Waals surface area (Å²) in [5.74, 6) is 0.0397. The van der Waals surface area contributed by atoms with Gasteiger partial charge in [0.25, 0.3) is 0 Å². The number of hydrogen-bond acceptors (Lipinski definition) is 2. The van der Waals surface area contributed by atoms with Crippen LogP contribution in [0.3, 0.4) is 0 Å². The number of aryl methyl sites for hydroxylation is 2. The van der Waals surface area contributed by atoms with Gasteiger partial charge in [-0.2, -0.15) is 0 Å². The summed E-state index contributed by atoms with van der Waals surface area (Å²) in [7, 11) is 0. The molecule has 1 heterocycles. The molecule has 0 fully saturated rings. The van der Waals surface area contributed by atoms with Crippen LogP contribution in [-0.4, -0.2) is 26.1 Å². The molecule has 0 bridgehead atoms. The van der Waals surface area contributed by atoms with Crippen LogP contribution >= 0.6 is 0 Å². The zero-order valence-corrected chi connectivity index (χ0v) is 11.2. The molecule has 2 nitrogen and oxygen atoms in total. The normalized spacial score (nSPS) is 13.5. The summed E-state index contributed by atoms with van der Waals surface area (Å²) < 4.78 is 2.16. The third kappa shape index (κ3) is 1.33. The second-order valence-corrected chi connectivity index (χ2v) is 7.17. The van der Waals surface area contributed by atoms with Crippen molar-refractivity contribution in [1.82, 2.24) is 0 Å². The zero-order valence-electron chi connectivity index (χ0n) is 9.53. The Labute approximate surface area is 105 Å². The van der Waals surface area contributed by atoms with Gasteiger partial charge in [-0.25, -0.2) is 0 Å². The van der Waals surface area contributed by atoms with Crippen LogP contribution in [-0.2, 0) is 0 Å². The van der Waals surface area contributed by atoms with E-state index in [9.17, 15) is 9.59 Å². The van der Waals surface area contributed by atoms with Gasteiger partial charge in [-0.15, -0.1) is 0 Å². The van der Waals surface area contributed by atoms with E-state index in [2.05, 4.69) is 0 Å². The minimum atomic E-state index is 0.0198. The molecular formula is C14H10O2Se. The third-order valence-electron chi connectivity index (χ3n) is 3.13. The van der Waals surface area contributed by atoms with E-state index in [1.807, 2.05) is 26.0 Å². The van der Waals surface area contributed by atoms with E-state index in [0.717, 1.165) is 8.87 Å². The van der Waals surface area contributed by atoms with Crippen LogP contribution in [0.2, 0.25) is 0 Å². The summed E-state index contributed by atoms with van der Waals surface area (Å²) in [5, 5.41) is 0. The van der Waals surface area contributed by atoms with Gasteiger partial charge in [0, 0.05) is 0 Å². The van der Waals surface area contributed by atoms with Gasteiger partial charge in [-0.1, -0.05) is 0 Å². The molecule has 1 aliphatic carbocycles. The molecule has 0 atom stereocenters. The Kier molecular flexibility index (Phi) is 2.22. The Bertz CT molecular complexity index is 609. The van der Waals surface area contributed by atoms with Crippen LogP contribution in [0.25, 0.3) is 0 Å². The number of ketones is 2. The molecule has 1 aliphatic rings. The molecule has 0 saturated carbocycles. The topological polar surface area (TPSA) is 34.1 Å². The van der Waals surface area contributed by atoms with Crippen molar-refractivity contribution in [3.05, 3.63) is 55.4 Å². The van der Waals surface area contributed by atoms with Gasteiger partial charge in [-0.3, -0.25) is 0 Å². The van der Waals surface area contributed by atoms with Gasteiger partial charge in [-0.05, 0) is 0 Å². The molecule has 1 aromatic carbocycles. The van der Waals surface area contributed by atoms with Crippen molar-refractivity contribution in [3.63, 3.8) is 0 Å². The maximum absolute atomic E-state index is 12.4. The summed E-state index contributed by atoms with van der Waals surface area (Å²) >= 11 is 0.165. The molecule has 0 radical (unpaired) electrons. The molecule has 1 aromatic heterocycles. The molecule has 0 spiro atoms. The quantitative estimate of drug-likeness (QED) is 0.594. The fraction of sp³-hybridized carbons (Fsp3) is 0.143. The maximum atomic E-state index is 12.4. The van der Waals surface area contributed by atoms with Gasteiger partial charge in [0.1, 0.15) is 0 Å². The first kappa shape index (κ1) is 10.7. The Morgan fingerprint density at radius 1 is 0.824 bits per heavy atom. The Hall–Kier alpha value is -1.44. The number of benzene rings is 1. The minimum absolute atomic E-state index is 0.0198. The van der Waals surface area contributed by atoms with E-state index in [-0.39, 0.29) is 26.1 Å². The average Bonchev–Trinajstić information content (AvgIpc) is 2.62. The second-order valence-electron chi connectivity index (χ2n) is 4.17. The van der Waals surface area contributed by atoms with Crippen molar-refractivity contribution in [2.24, 2.45) is 0 Å². The number of hydrogen-bond donors (Lipinski definition) is 0. The summed E-state index contributed by atoms with van der Waals surface area (Å²) in [5.41, 5.74) is 2.46. The van der Waals surface area contributed by atoms with E-state index in [0.29, 0.717) is 22.3 Å². The number of carbonyl (C=O) groups is 2. The Balaban J connectivity index is 2.39. The van der Waals surface area contributed by atoms with Gasteiger partial charge < -0.3 is 0 Å². The first-order chi connectivity index (χ1) is 8.11. The van der Waals surface area contributed by atoms with Crippen molar-refractivity contribution < 1.29 is 9.59 Å². The number of carbonyl (C=O) groups excluding carboxylic acids is 2. The van der Waals surface area contributed by atoms with E-state index in [1.54, 1.807) is 12.1 Å². The first-order valence-electron chi connectivity index (χ1n) is 5.39. The molecule has 2 aromatic rings. The van der Waals surface area contributed by atoms with Gasteiger partial charge >= 0.3 is 105 Å². The SMILES string of the molecule is Cc1[se]c(C)c2c1C(=O)c1ccccc1C2=O. The number of rotatable bonds is 0. The van der Waals surface area contributed by atoms with E-state index < -0.39 is 0 Å². The molecule has 17 heavy (non-hydrogen) atoms. The Morgan fingerprint density at radius 2 is 1.24 bits per heavy atom. The van der Waals surface area contributed by atoms with Crippen molar-refractivity contribution in [2.45, 2.75) is 13.8 Å². The van der Waals surface area contributed by atoms with Crippen molar-refractivity contribution in [2.75, 3.05) is 0 Å². The van der Waals surface area contributed by atoms with Crippen molar-refractivity contribution >= 4 is 26.1 Å². The first-order valence-corrected chi connectivity index (χ1v) is 7.11. The average molecular weight is 289 g/mol. The van der Waals surface area contributed by atoms with Gasteiger partial charge in [0.05, 0.1) is 0 Å². The van der Waals surface area contributed by atoms with Crippen LogP contribution in [0.1, 0.15) is 40.7 Å². The van der Waals surface area contributed by atoms with Crippen LogP contribution in [0.4, 0.5) is 0 Å².